The lowest BCUT2D eigenvalue weighted by molar-refractivity contribution is -0.126. The van der Waals surface area contributed by atoms with Gasteiger partial charge in [0.25, 0.3) is 0 Å². The highest BCUT2D eigenvalue weighted by Gasteiger charge is 2.42. The number of sulfonamides is 1. The van der Waals surface area contributed by atoms with E-state index in [-0.39, 0.29) is 18.0 Å². The maximum Gasteiger partial charge on any atom is 0.417 e. The SMILES string of the molecule is Cc1ccc(S(=O)(=O)NC(C(=[N+]=[N-])C(=O)N2CCOC2=O)c2ccccc2)cc1. The van der Waals surface area contributed by atoms with E-state index in [0.717, 1.165) is 10.5 Å². The lowest BCUT2D eigenvalue weighted by Gasteiger charge is -2.17. The molecule has 2 amide bonds. The first kappa shape index (κ1) is 20.4. The van der Waals surface area contributed by atoms with Gasteiger partial charge in [0, 0.05) is 0 Å². The third kappa shape index (κ3) is 4.40. The Bertz CT molecular complexity index is 1080. The van der Waals surface area contributed by atoms with E-state index in [1.807, 2.05) is 6.92 Å². The Morgan fingerprint density at radius 1 is 1.17 bits per heavy atom. The van der Waals surface area contributed by atoms with E-state index >= 15 is 0 Å². The van der Waals surface area contributed by atoms with Gasteiger partial charge in [-0.15, -0.1) is 0 Å². The van der Waals surface area contributed by atoms with Gasteiger partial charge in [0.1, 0.15) is 6.61 Å². The minimum absolute atomic E-state index is 0.00831. The van der Waals surface area contributed by atoms with Crippen LogP contribution >= 0.6 is 0 Å². The fourth-order valence-corrected chi connectivity index (χ4v) is 4.00. The van der Waals surface area contributed by atoms with E-state index in [2.05, 4.69) is 9.51 Å². The molecule has 29 heavy (non-hydrogen) atoms. The molecule has 3 rings (SSSR count). The number of hydrogen-bond donors (Lipinski definition) is 1. The molecule has 0 bridgehead atoms. The standard InChI is InChI=1S/C19H18N4O5S/c1-13-7-9-15(10-8-13)29(26,27)22-16(14-5-3-2-4-6-14)17(21-20)18(24)23-11-12-28-19(23)25/h2-10,16,22H,11-12H2,1H3. The fourth-order valence-electron chi connectivity index (χ4n) is 2.81. The van der Waals surface area contributed by atoms with Crippen molar-refractivity contribution in [1.29, 1.82) is 0 Å². The number of cyclic esters (lactones) is 1. The number of carbonyl (C=O) groups is 2. The number of rotatable bonds is 6. The first-order chi connectivity index (χ1) is 13.8. The summed E-state index contributed by atoms with van der Waals surface area (Å²) in [6.45, 7) is 1.80. The molecule has 0 spiro atoms. The van der Waals surface area contributed by atoms with Crippen molar-refractivity contribution in [2.75, 3.05) is 13.2 Å². The van der Waals surface area contributed by atoms with Crippen molar-refractivity contribution in [2.45, 2.75) is 17.9 Å². The summed E-state index contributed by atoms with van der Waals surface area (Å²) in [6, 6.07) is 12.9. The van der Waals surface area contributed by atoms with Gasteiger partial charge in [-0.3, -0.25) is 4.79 Å². The highest BCUT2D eigenvalue weighted by Crippen LogP contribution is 2.20. The Labute approximate surface area is 167 Å². The summed E-state index contributed by atoms with van der Waals surface area (Å²) in [5.74, 6) is -0.949. The number of hydrogen-bond acceptors (Lipinski definition) is 5. The molecule has 1 N–H and O–H groups in total. The Hall–Kier alpha value is -3.33. The molecule has 1 atom stereocenters. The fraction of sp³-hybridized carbons (Fsp3) is 0.211. The number of aryl methyl sites for hydroxylation is 1. The van der Waals surface area contributed by atoms with Gasteiger partial charge in [-0.1, -0.05) is 48.0 Å². The van der Waals surface area contributed by atoms with Gasteiger partial charge < -0.3 is 10.3 Å². The van der Waals surface area contributed by atoms with Crippen LogP contribution in [-0.2, 0) is 19.6 Å². The van der Waals surface area contributed by atoms with E-state index in [1.54, 1.807) is 42.5 Å². The maximum atomic E-state index is 12.9. The highest BCUT2D eigenvalue weighted by atomic mass is 32.2. The van der Waals surface area contributed by atoms with Gasteiger partial charge in [0.05, 0.1) is 11.4 Å². The molecule has 9 nitrogen and oxygen atoms in total. The number of amides is 2. The molecule has 150 valence electrons. The van der Waals surface area contributed by atoms with Crippen molar-refractivity contribution >= 4 is 27.7 Å². The molecular weight excluding hydrogens is 396 g/mol. The van der Waals surface area contributed by atoms with Crippen LogP contribution < -0.4 is 4.72 Å². The summed E-state index contributed by atoms with van der Waals surface area (Å²) in [4.78, 5) is 28.3. The molecule has 10 heteroatoms. The lowest BCUT2D eigenvalue weighted by Crippen LogP contribution is -2.45. The Morgan fingerprint density at radius 2 is 1.83 bits per heavy atom. The summed E-state index contributed by atoms with van der Waals surface area (Å²) in [5.41, 5.74) is 10.2. The van der Waals surface area contributed by atoms with Crippen molar-refractivity contribution < 1.29 is 27.5 Å². The number of imide groups is 1. The van der Waals surface area contributed by atoms with Gasteiger partial charge >= 0.3 is 17.7 Å². The molecule has 1 aliphatic heterocycles. The molecule has 1 fully saturated rings. The zero-order valence-corrected chi connectivity index (χ0v) is 16.3. The third-order valence-electron chi connectivity index (χ3n) is 4.34. The van der Waals surface area contributed by atoms with E-state index in [1.165, 1.54) is 12.1 Å². The van der Waals surface area contributed by atoms with Gasteiger partial charge in [-0.2, -0.15) is 9.51 Å². The zero-order chi connectivity index (χ0) is 21.0. The molecule has 1 heterocycles. The number of ether oxygens (including phenoxy) is 1. The van der Waals surface area contributed by atoms with Crippen LogP contribution in [0.5, 0.6) is 0 Å². The first-order valence-corrected chi connectivity index (χ1v) is 10.2. The van der Waals surface area contributed by atoms with Gasteiger partial charge in [0.15, 0.2) is 6.04 Å². The third-order valence-corrected chi connectivity index (χ3v) is 5.78. The monoisotopic (exact) mass is 414 g/mol. The van der Waals surface area contributed by atoms with Crippen LogP contribution in [-0.4, -0.2) is 49.0 Å². The van der Waals surface area contributed by atoms with Crippen LogP contribution in [0.3, 0.4) is 0 Å². The van der Waals surface area contributed by atoms with Crippen molar-refractivity contribution in [3.63, 3.8) is 0 Å². The molecule has 2 aromatic carbocycles. The summed E-state index contributed by atoms with van der Waals surface area (Å²) < 4.78 is 32.9. The quantitative estimate of drug-likeness (QED) is 0.437. The smallest absolute Gasteiger partial charge is 0.417 e. The molecule has 0 aromatic heterocycles. The maximum absolute atomic E-state index is 12.9. The number of nitrogens with one attached hydrogen (secondary N) is 1. The zero-order valence-electron chi connectivity index (χ0n) is 15.5. The first-order valence-electron chi connectivity index (χ1n) is 8.68. The molecule has 1 saturated heterocycles. The predicted octanol–water partition coefficient (Wildman–Crippen LogP) is 1.66. The molecule has 1 unspecified atom stereocenters. The summed E-state index contributed by atoms with van der Waals surface area (Å²) in [7, 11) is -4.08. The van der Waals surface area contributed by atoms with Crippen LogP contribution in [0.2, 0.25) is 0 Å². The second-order valence-corrected chi connectivity index (χ2v) is 8.05. The molecule has 2 aromatic rings. The van der Waals surface area contributed by atoms with Crippen molar-refractivity contribution in [2.24, 2.45) is 0 Å². The average molecular weight is 414 g/mol. The van der Waals surface area contributed by atoms with E-state index in [4.69, 9.17) is 4.74 Å². The highest BCUT2D eigenvalue weighted by molar-refractivity contribution is 7.89. The van der Waals surface area contributed by atoms with Crippen molar-refractivity contribution in [3.05, 3.63) is 71.3 Å². The second-order valence-electron chi connectivity index (χ2n) is 6.33. The van der Waals surface area contributed by atoms with Crippen molar-refractivity contribution in [3.8, 4) is 0 Å². The second kappa shape index (κ2) is 8.36. The molecule has 0 radical (unpaired) electrons. The summed E-state index contributed by atoms with van der Waals surface area (Å²) >= 11 is 0. The number of carbonyl (C=O) groups excluding carboxylic acids is 2. The van der Waals surface area contributed by atoms with Crippen molar-refractivity contribution in [1.82, 2.24) is 9.62 Å². The minimum Gasteiger partial charge on any atom is -0.447 e. The Morgan fingerprint density at radius 3 is 2.38 bits per heavy atom. The number of benzene rings is 2. The Kier molecular flexibility index (Phi) is 5.88. The normalized spacial score (nSPS) is 14.8. The average Bonchev–Trinajstić information content (AvgIpc) is 3.14. The van der Waals surface area contributed by atoms with E-state index < -0.39 is 33.8 Å². The lowest BCUT2D eigenvalue weighted by atomic mass is 10.0. The molecule has 0 aliphatic carbocycles. The molecule has 1 aliphatic rings. The topological polar surface area (TPSA) is 129 Å². The van der Waals surface area contributed by atoms with E-state index in [9.17, 15) is 23.5 Å². The molecular formula is C19H18N4O5S. The minimum atomic E-state index is -4.08. The van der Waals surface area contributed by atoms with Crippen LogP contribution in [0, 0.1) is 6.92 Å². The summed E-state index contributed by atoms with van der Waals surface area (Å²) in [5, 5.41) is 0. The molecule has 0 saturated carbocycles. The van der Waals surface area contributed by atoms with Crippen LogP contribution in [0.25, 0.3) is 5.53 Å². The Balaban J connectivity index is 2.01. The predicted molar refractivity (Wildman–Crippen MR) is 102 cm³/mol. The van der Waals surface area contributed by atoms with E-state index in [0.29, 0.717) is 5.56 Å². The summed E-state index contributed by atoms with van der Waals surface area (Å²) in [6.07, 6.45) is -0.885. The van der Waals surface area contributed by atoms with Gasteiger partial charge in [-0.05, 0) is 24.6 Å². The van der Waals surface area contributed by atoms with Crippen LogP contribution in [0.4, 0.5) is 4.79 Å². The van der Waals surface area contributed by atoms with Gasteiger partial charge in [-0.25, -0.2) is 18.1 Å². The van der Waals surface area contributed by atoms with Crippen LogP contribution in [0.1, 0.15) is 17.2 Å². The largest absolute Gasteiger partial charge is 0.447 e. The van der Waals surface area contributed by atoms with Crippen LogP contribution in [0.15, 0.2) is 59.5 Å². The van der Waals surface area contributed by atoms with Gasteiger partial charge in [0.2, 0.25) is 10.0 Å². The number of nitrogens with zero attached hydrogens (tertiary/aromatic N) is 3.